The third-order valence-electron chi connectivity index (χ3n) is 10.6. The van der Waals surface area contributed by atoms with E-state index in [1.807, 2.05) is 35.4 Å². The molecule has 1 aromatic heterocycles. The van der Waals surface area contributed by atoms with E-state index in [-0.39, 0.29) is 6.03 Å². The SMILES string of the molecule is Cc1ccc2c(c1)N(c1ccc(NCc3nccn3C(c3ccccc3)(c3ccccc3)c3ccccc3)cc1)C(=O)N(C)N=C2C1CCCCC1. The highest BCUT2D eigenvalue weighted by molar-refractivity contribution is 6.13. The minimum absolute atomic E-state index is 0.167. The largest absolute Gasteiger partial charge is 0.378 e. The van der Waals surface area contributed by atoms with Crippen molar-refractivity contribution in [2.75, 3.05) is 17.3 Å². The van der Waals surface area contributed by atoms with Crippen LogP contribution in [-0.2, 0) is 12.1 Å². The van der Waals surface area contributed by atoms with Crippen molar-refractivity contribution >= 4 is 28.8 Å². The van der Waals surface area contributed by atoms with E-state index < -0.39 is 5.54 Å². The molecule has 6 aromatic rings. The van der Waals surface area contributed by atoms with Gasteiger partial charge in [-0.2, -0.15) is 5.10 Å². The number of hydrogen-bond acceptors (Lipinski definition) is 4. The summed E-state index contributed by atoms with van der Waals surface area (Å²) in [5.41, 5.74) is 8.59. The molecular formula is C45H44N6O. The number of hydrazone groups is 1. The number of urea groups is 1. The quantitative estimate of drug-likeness (QED) is 0.154. The monoisotopic (exact) mass is 684 g/mol. The van der Waals surface area contributed by atoms with E-state index in [0.717, 1.165) is 69.3 Å². The van der Waals surface area contributed by atoms with Crippen molar-refractivity contribution in [3.8, 4) is 0 Å². The van der Waals surface area contributed by atoms with Crippen molar-refractivity contribution in [2.45, 2.75) is 51.1 Å². The molecule has 0 saturated heterocycles. The topological polar surface area (TPSA) is 65.8 Å². The van der Waals surface area contributed by atoms with Crippen LogP contribution in [0.15, 0.2) is 151 Å². The smallest absolute Gasteiger partial charge is 0.349 e. The van der Waals surface area contributed by atoms with Crippen molar-refractivity contribution < 1.29 is 4.79 Å². The van der Waals surface area contributed by atoms with Crippen LogP contribution in [0.3, 0.4) is 0 Å². The number of imidazole rings is 1. The number of benzene rings is 5. The highest BCUT2D eigenvalue weighted by Gasteiger charge is 2.39. The first-order chi connectivity index (χ1) is 25.5. The van der Waals surface area contributed by atoms with Crippen molar-refractivity contribution in [3.05, 3.63) is 179 Å². The molecule has 2 heterocycles. The number of fused-ring (bicyclic) bond motifs is 1. The Kier molecular flexibility index (Phi) is 9.16. The predicted octanol–water partition coefficient (Wildman–Crippen LogP) is 10.1. The normalized spacial score (nSPS) is 15.2. The summed E-state index contributed by atoms with van der Waals surface area (Å²) in [5, 5.41) is 10.1. The van der Waals surface area contributed by atoms with Crippen LogP contribution in [0.4, 0.5) is 21.9 Å². The van der Waals surface area contributed by atoms with Crippen LogP contribution >= 0.6 is 0 Å². The van der Waals surface area contributed by atoms with Crippen molar-refractivity contribution in [1.29, 1.82) is 0 Å². The minimum Gasteiger partial charge on any atom is -0.378 e. The highest BCUT2D eigenvalue weighted by Crippen LogP contribution is 2.42. The fourth-order valence-electron chi connectivity index (χ4n) is 8.11. The average molecular weight is 685 g/mol. The second-order valence-electron chi connectivity index (χ2n) is 13.9. The van der Waals surface area contributed by atoms with Crippen LogP contribution in [0.25, 0.3) is 0 Å². The molecule has 1 aliphatic heterocycles. The molecule has 2 aliphatic rings. The van der Waals surface area contributed by atoms with E-state index in [1.165, 1.54) is 24.3 Å². The summed E-state index contributed by atoms with van der Waals surface area (Å²) in [6.45, 7) is 2.57. The van der Waals surface area contributed by atoms with Crippen molar-refractivity contribution in [2.24, 2.45) is 11.0 Å². The van der Waals surface area contributed by atoms with E-state index in [2.05, 4.69) is 132 Å². The first kappa shape index (κ1) is 33.2. The third kappa shape index (κ3) is 6.06. The summed E-state index contributed by atoms with van der Waals surface area (Å²) in [7, 11) is 1.77. The summed E-state index contributed by atoms with van der Waals surface area (Å²) in [6.07, 6.45) is 9.85. The fraction of sp³-hybridized carbons (Fsp3) is 0.222. The van der Waals surface area contributed by atoms with Crippen LogP contribution in [0, 0.1) is 12.8 Å². The van der Waals surface area contributed by atoms with Gasteiger partial charge in [-0.15, -0.1) is 0 Å². The number of carbonyl (C=O) groups excluding carboxylic acids is 1. The molecule has 1 aliphatic carbocycles. The van der Waals surface area contributed by atoms with Crippen LogP contribution in [0.5, 0.6) is 0 Å². The molecule has 0 bridgehead atoms. The Morgan fingerprint density at radius 2 is 1.35 bits per heavy atom. The fourth-order valence-corrected chi connectivity index (χ4v) is 8.11. The second-order valence-corrected chi connectivity index (χ2v) is 13.9. The lowest BCUT2D eigenvalue weighted by Crippen LogP contribution is -2.38. The lowest BCUT2D eigenvalue weighted by Gasteiger charge is -2.38. The van der Waals surface area contributed by atoms with Gasteiger partial charge in [-0.25, -0.2) is 14.8 Å². The molecule has 1 fully saturated rings. The number of aryl methyl sites for hydroxylation is 1. The van der Waals surface area contributed by atoms with Gasteiger partial charge in [-0.05, 0) is 72.4 Å². The number of rotatable bonds is 9. The Hall–Kier alpha value is -5.95. The van der Waals surface area contributed by atoms with Crippen LogP contribution in [0.2, 0.25) is 0 Å². The van der Waals surface area contributed by atoms with Gasteiger partial charge in [-0.3, -0.25) is 4.90 Å². The molecule has 52 heavy (non-hydrogen) atoms. The van der Waals surface area contributed by atoms with Gasteiger partial charge in [0.15, 0.2) is 0 Å². The number of nitrogens with one attached hydrogen (secondary N) is 1. The highest BCUT2D eigenvalue weighted by atomic mass is 16.2. The van der Waals surface area contributed by atoms with Crippen LogP contribution in [0.1, 0.15) is 65.7 Å². The number of anilines is 3. The van der Waals surface area contributed by atoms with E-state index in [4.69, 9.17) is 10.1 Å². The molecule has 0 radical (unpaired) electrons. The summed E-state index contributed by atoms with van der Waals surface area (Å²) >= 11 is 0. The zero-order chi connectivity index (χ0) is 35.5. The molecule has 260 valence electrons. The van der Waals surface area contributed by atoms with E-state index in [0.29, 0.717) is 12.5 Å². The summed E-state index contributed by atoms with van der Waals surface area (Å²) in [4.78, 5) is 20.7. The van der Waals surface area contributed by atoms with E-state index in [1.54, 1.807) is 7.05 Å². The Morgan fingerprint density at radius 3 is 1.94 bits per heavy atom. The molecule has 0 unspecified atom stereocenters. The molecule has 7 heteroatoms. The van der Waals surface area contributed by atoms with E-state index >= 15 is 0 Å². The molecule has 0 spiro atoms. The lowest BCUT2D eigenvalue weighted by atomic mass is 9.76. The Balaban J connectivity index is 1.12. The standard InChI is InChI=1S/C45H44N6O/c1-33-23-28-40-41(31-33)51(44(52)49(2)48-43(40)34-15-7-3-8-16-34)39-26-24-38(25-27-39)47-32-42-46-29-30-50(42)45(35-17-9-4-10-18-35,36-19-11-5-12-20-36)37-21-13-6-14-22-37/h4-6,9-14,17-31,34,47H,3,7-8,15-16,32H2,1-2H3. The van der Waals surface area contributed by atoms with Gasteiger partial charge in [-0.1, -0.05) is 122 Å². The molecular weight excluding hydrogens is 641 g/mol. The number of amides is 2. The molecule has 1 N–H and O–H groups in total. The van der Waals surface area contributed by atoms with Crippen molar-refractivity contribution in [1.82, 2.24) is 14.6 Å². The van der Waals surface area contributed by atoms with Crippen LogP contribution in [-0.4, -0.2) is 33.4 Å². The predicted molar refractivity (Wildman–Crippen MR) is 210 cm³/mol. The maximum Gasteiger partial charge on any atom is 0.349 e. The zero-order valence-electron chi connectivity index (χ0n) is 29.8. The Morgan fingerprint density at radius 1 is 0.750 bits per heavy atom. The van der Waals surface area contributed by atoms with E-state index in [9.17, 15) is 4.79 Å². The minimum atomic E-state index is -0.648. The third-order valence-corrected chi connectivity index (χ3v) is 10.6. The summed E-state index contributed by atoms with van der Waals surface area (Å²) in [6, 6.07) is 46.3. The van der Waals surface area contributed by atoms with Gasteiger partial charge in [0.2, 0.25) is 0 Å². The van der Waals surface area contributed by atoms with Gasteiger partial charge in [0.1, 0.15) is 11.4 Å². The number of carbonyl (C=O) groups is 1. The number of nitrogens with zero attached hydrogens (tertiary/aromatic N) is 5. The number of aromatic nitrogens is 2. The summed E-state index contributed by atoms with van der Waals surface area (Å²) in [5.74, 6) is 1.25. The molecule has 7 nitrogen and oxygen atoms in total. The van der Waals surface area contributed by atoms with Crippen molar-refractivity contribution in [3.63, 3.8) is 0 Å². The van der Waals surface area contributed by atoms with Gasteiger partial charge in [0.05, 0.1) is 23.6 Å². The molecule has 8 rings (SSSR count). The maximum atomic E-state index is 14.0. The molecule has 2 amide bonds. The Labute approximate surface area is 306 Å². The zero-order valence-corrected chi connectivity index (χ0v) is 29.8. The molecule has 1 saturated carbocycles. The maximum absolute atomic E-state index is 14.0. The summed E-state index contributed by atoms with van der Waals surface area (Å²) < 4.78 is 2.29. The molecule has 0 atom stereocenters. The second kappa shape index (κ2) is 14.3. The molecule has 5 aromatic carbocycles. The van der Waals surface area contributed by atoms with Gasteiger partial charge in [0.25, 0.3) is 0 Å². The Bertz CT molecular complexity index is 2070. The first-order valence-electron chi connectivity index (χ1n) is 18.3. The van der Waals surface area contributed by atoms with Crippen LogP contribution < -0.4 is 10.2 Å². The average Bonchev–Trinajstić information content (AvgIpc) is 3.64. The first-order valence-corrected chi connectivity index (χ1v) is 18.3. The van der Waals surface area contributed by atoms with Gasteiger partial charge in [0, 0.05) is 36.6 Å². The van der Waals surface area contributed by atoms with Gasteiger partial charge < -0.3 is 9.88 Å². The lowest BCUT2D eigenvalue weighted by molar-refractivity contribution is 0.220. The number of hydrogen-bond donors (Lipinski definition) is 1. The van der Waals surface area contributed by atoms with Gasteiger partial charge >= 0.3 is 6.03 Å².